The number of amides is 2. The van der Waals surface area contributed by atoms with E-state index in [0.717, 1.165) is 37.1 Å². The maximum Gasteiger partial charge on any atom is 0.319 e. The summed E-state index contributed by atoms with van der Waals surface area (Å²) in [5.74, 6) is 1.34. The molecule has 1 aromatic heterocycles. The highest BCUT2D eigenvalue weighted by Gasteiger charge is 2.24. The maximum atomic E-state index is 12.2. The smallest absolute Gasteiger partial charge is 0.319 e. The van der Waals surface area contributed by atoms with Crippen molar-refractivity contribution in [3.8, 4) is 11.6 Å². The second-order valence-corrected chi connectivity index (χ2v) is 6.19. The highest BCUT2D eigenvalue weighted by Crippen LogP contribution is 2.22. The molecular formula is C19H24N4O3. The minimum atomic E-state index is -0.188. The van der Waals surface area contributed by atoms with Gasteiger partial charge >= 0.3 is 6.03 Å². The van der Waals surface area contributed by atoms with Crippen LogP contribution in [0.15, 0.2) is 42.9 Å². The van der Waals surface area contributed by atoms with E-state index in [1.165, 1.54) is 0 Å². The maximum absolute atomic E-state index is 12.2. The van der Waals surface area contributed by atoms with Crippen molar-refractivity contribution in [3.05, 3.63) is 42.9 Å². The van der Waals surface area contributed by atoms with Crippen molar-refractivity contribution < 1.29 is 14.3 Å². The number of rotatable bonds is 6. The van der Waals surface area contributed by atoms with Crippen LogP contribution < -0.4 is 20.1 Å². The predicted octanol–water partition coefficient (Wildman–Crippen LogP) is 3.39. The minimum Gasteiger partial charge on any atom is -0.494 e. The SMILES string of the molecule is CCOc1ccc(NC(=O)NC2CCC(Oc3cnccn3)CC2)cc1. The number of nitrogens with one attached hydrogen (secondary N) is 2. The normalized spacial score (nSPS) is 19.4. The number of carbonyl (C=O) groups is 1. The van der Waals surface area contributed by atoms with Crippen LogP contribution in [0.3, 0.4) is 0 Å². The Kier molecular flexibility index (Phi) is 6.24. The molecule has 0 atom stereocenters. The lowest BCUT2D eigenvalue weighted by Crippen LogP contribution is -2.41. The Morgan fingerprint density at radius 3 is 2.58 bits per heavy atom. The van der Waals surface area contributed by atoms with Gasteiger partial charge in [-0.05, 0) is 56.9 Å². The van der Waals surface area contributed by atoms with Gasteiger partial charge in [0.25, 0.3) is 0 Å². The fourth-order valence-corrected chi connectivity index (χ4v) is 3.00. The average molecular weight is 356 g/mol. The first-order valence-corrected chi connectivity index (χ1v) is 8.96. The van der Waals surface area contributed by atoms with Gasteiger partial charge in [-0.1, -0.05) is 0 Å². The molecule has 2 aromatic rings. The molecule has 1 fully saturated rings. The van der Waals surface area contributed by atoms with Crippen molar-refractivity contribution in [2.75, 3.05) is 11.9 Å². The Morgan fingerprint density at radius 1 is 1.15 bits per heavy atom. The van der Waals surface area contributed by atoms with Gasteiger partial charge in [-0.15, -0.1) is 0 Å². The van der Waals surface area contributed by atoms with E-state index in [1.54, 1.807) is 18.6 Å². The largest absolute Gasteiger partial charge is 0.494 e. The lowest BCUT2D eigenvalue weighted by molar-refractivity contribution is 0.135. The number of hydrogen-bond acceptors (Lipinski definition) is 5. The van der Waals surface area contributed by atoms with Gasteiger partial charge in [-0.3, -0.25) is 4.98 Å². The van der Waals surface area contributed by atoms with Crippen LogP contribution in [0.25, 0.3) is 0 Å². The van der Waals surface area contributed by atoms with E-state index in [0.29, 0.717) is 12.5 Å². The average Bonchev–Trinajstić information content (AvgIpc) is 2.66. The van der Waals surface area contributed by atoms with Crippen LogP contribution >= 0.6 is 0 Å². The van der Waals surface area contributed by atoms with Crippen LogP contribution in [-0.2, 0) is 0 Å². The summed E-state index contributed by atoms with van der Waals surface area (Å²) in [6, 6.07) is 7.31. The predicted molar refractivity (Wildman–Crippen MR) is 98.5 cm³/mol. The first kappa shape index (κ1) is 18.0. The first-order valence-electron chi connectivity index (χ1n) is 8.96. The summed E-state index contributed by atoms with van der Waals surface area (Å²) in [6.45, 7) is 2.56. The van der Waals surface area contributed by atoms with Gasteiger partial charge in [-0.25, -0.2) is 9.78 Å². The summed E-state index contributed by atoms with van der Waals surface area (Å²) < 4.78 is 11.2. The highest BCUT2D eigenvalue weighted by atomic mass is 16.5. The van der Waals surface area contributed by atoms with Crippen LogP contribution in [-0.4, -0.2) is 34.8 Å². The van der Waals surface area contributed by atoms with Crippen molar-refractivity contribution in [1.29, 1.82) is 0 Å². The molecule has 1 aliphatic rings. The van der Waals surface area contributed by atoms with E-state index >= 15 is 0 Å². The van der Waals surface area contributed by atoms with Gasteiger partial charge in [-0.2, -0.15) is 0 Å². The molecule has 138 valence electrons. The van der Waals surface area contributed by atoms with Crippen molar-refractivity contribution >= 4 is 11.7 Å². The van der Waals surface area contributed by atoms with Crippen LogP contribution in [0.4, 0.5) is 10.5 Å². The molecule has 3 rings (SSSR count). The fourth-order valence-electron chi connectivity index (χ4n) is 3.00. The number of hydrogen-bond donors (Lipinski definition) is 2. The molecule has 0 spiro atoms. The number of nitrogens with zero attached hydrogens (tertiary/aromatic N) is 2. The number of carbonyl (C=O) groups excluding carboxylic acids is 1. The molecule has 0 saturated heterocycles. The monoisotopic (exact) mass is 356 g/mol. The topological polar surface area (TPSA) is 85.4 Å². The van der Waals surface area contributed by atoms with E-state index in [2.05, 4.69) is 20.6 Å². The molecule has 0 radical (unpaired) electrons. The zero-order valence-corrected chi connectivity index (χ0v) is 14.9. The van der Waals surface area contributed by atoms with E-state index in [9.17, 15) is 4.79 Å². The van der Waals surface area contributed by atoms with Gasteiger partial charge in [0.2, 0.25) is 5.88 Å². The van der Waals surface area contributed by atoms with Crippen molar-refractivity contribution in [3.63, 3.8) is 0 Å². The summed E-state index contributed by atoms with van der Waals surface area (Å²) in [6.07, 6.45) is 8.50. The molecule has 0 aliphatic heterocycles. The third kappa shape index (κ3) is 5.34. The quantitative estimate of drug-likeness (QED) is 0.829. The summed E-state index contributed by atoms with van der Waals surface area (Å²) in [5.41, 5.74) is 0.741. The molecular weight excluding hydrogens is 332 g/mol. The number of aromatic nitrogens is 2. The highest BCUT2D eigenvalue weighted by molar-refractivity contribution is 5.89. The van der Waals surface area contributed by atoms with Crippen molar-refractivity contribution in [2.45, 2.75) is 44.8 Å². The zero-order chi connectivity index (χ0) is 18.2. The summed E-state index contributed by atoms with van der Waals surface area (Å²) in [5, 5.41) is 5.88. The van der Waals surface area contributed by atoms with Gasteiger partial charge < -0.3 is 20.1 Å². The lowest BCUT2D eigenvalue weighted by Gasteiger charge is -2.29. The Morgan fingerprint density at radius 2 is 1.92 bits per heavy atom. The van der Waals surface area contributed by atoms with E-state index in [1.807, 2.05) is 31.2 Å². The van der Waals surface area contributed by atoms with E-state index < -0.39 is 0 Å². The minimum absolute atomic E-state index is 0.124. The number of ether oxygens (including phenoxy) is 2. The molecule has 2 amide bonds. The third-order valence-electron chi connectivity index (χ3n) is 4.26. The van der Waals surface area contributed by atoms with Crippen LogP contribution in [0.1, 0.15) is 32.6 Å². The molecule has 7 nitrogen and oxygen atoms in total. The van der Waals surface area contributed by atoms with Gasteiger partial charge in [0.15, 0.2) is 0 Å². The summed E-state index contributed by atoms with van der Waals surface area (Å²) in [4.78, 5) is 20.3. The van der Waals surface area contributed by atoms with Crippen LogP contribution in [0.5, 0.6) is 11.6 Å². The van der Waals surface area contributed by atoms with E-state index in [4.69, 9.17) is 9.47 Å². The van der Waals surface area contributed by atoms with Crippen LogP contribution in [0.2, 0.25) is 0 Å². The molecule has 0 unspecified atom stereocenters. The Labute approximate surface area is 153 Å². The Bertz CT molecular complexity index is 686. The number of benzene rings is 1. The first-order chi connectivity index (χ1) is 12.7. The molecule has 1 aliphatic carbocycles. The molecule has 1 heterocycles. The molecule has 2 N–H and O–H groups in total. The van der Waals surface area contributed by atoms with Crippen LogP contribution in [0, 0.1) is 0 Å². The number of urea groups is 1. The third-order valence-corrected chi connectivity index (χ3v) is 4.26. The van der Waals surface area contributed by atoms with Gasteiger partial charge in [0, 0.05) is 24.1 Å². The second kappa shape index (κ2) is 9.03. The number of anilines is 1. The molecule has 7 heteroatoms. The Balaban J connectivity index is 1.40. The molecule has 26 heavy (non-hydrogen) atoms. The Hall–Kier alpha value is -2.83. The molecule has 1 aromatic carbocycles. The molecule has 1 saturated carbocycles. The second-order valence-electron chi connectivity index (χ2n) is 6.19. The standard InChI is InChI=1S/C19H24N4O3/c1-2-25-16-7-3-14(4-8-16)22-19(24)23-15-5-9-17(10-6-15)26-18-13-20-11-12-21-18/h3-4,7-8,11-13,15,17H,2,5-6,9-10H2,1H3,(H2,22,23,24). The lowest BCUT2D eigenvalue weighted by atomic mass is 9.93. The van der Waals surface area contributed by atoms with E-state index in [-0.39, 0.29) is 18.2 Å². The molecule has 0 bridgehead atoms. The van der Waals surface area contributed by atoms with Gasteiger partial charge in [0.1, 0.15) is 11.9 Å². The zero-order valence-electron chi connectivity index (χ0n) is 14.9. The van der Waals surface area contributed by atoms with Crippen molar-refractivity contribution in [1.82, 2.24) is 15.3 Å². The fraction of sp³-hybridized carbons (Fsp3) is 0.421. The van der Waals surface area contributed by atoms with Crippen molar-refractivity contribution in [2.24, 2.45) is 0 Å². The summed E-state index contributed by atoms with van der Waals surface area (Å²) in [7, 11) is 0. The van der Waals surface area contributed by atoms with Gasteiger partial charge in [0.05, 0.1) is 12.8 Å². The summed E-state index contributed by atoms with van der Waals surface area (Å²) >= 11 is 0.